The first kappa shape index (κ1) is 15.7. The second-order valence-corrected chi connectivity index (χ2v) is 4.87. The van der Waals surface area contributed by atoms with Crippen LogP contribution in [0.5, 0.6) is 5.75 Å². The molecule has 21 heavy (non-hydrogen) atoms. The summed E-state index contributed by atoms with van der Waals surface area (Å²) >= 11 is 5.98. The number of para-hydroxylation sites is 1. The monoisotopic (exact) mass is 315 g/mol. The van der Waals surface area contributed by atoms with Crippen LogP contribution in [0.3, 0.4) is 0 Å². The van der Waals surface area contributed by atoms with Gasteiger partial charge in [0.1, 0.15) is 11.6 Å². The Labute approximate surface area is 125 Å². The highest BCUT2D eigenvalue weighted by molar-refractivity contribution is 6.31. The van der Waals surface area contributed by atoms with Gasteiger partial charge in [0.25, 0.3) is 0 Å². The SMILES string of the molecule is NC(Cc1cc(F)ccc1Cl)c1ccccc1OC(F)F. The Balaban J connectivity index is 2.24. The molecule has 1 atom stereocenters. The van der Waals surface area contributed by atoms with Gasteiger partial charge in [-0.2, -0.15) is 8.78 Å². The summed E-state index contributed by atoms with van der Waals surface area (Å²) in [6, 6.07) is 9.55. The van der Waals surface area contributed by atoms with E-state index in [0.29, 0.717) is 16.1 Å². The molecule has 2 rings (SSSR count). The van der Waals surface area contributed by atoms with Crippen molar-refractivity contribution in [2.24, 2.45) is 5.73 Å². The van der Waals surface area contributed by atoms with Crippen LogP contribution in [-0.2, 0) is 6.42 Å². The molecule has 2 nitrogen and oxygen atoms in total. The zero-order valence-electron chi connectivity index (χ0n) is 10.9. The Kier molecular flexibility index (Phi) is 5.09. The molecule has 2 N–H and O–H groups in total. The average molecular weight is 316 g/mol. The minimum Gasteiger partial charge on any atom is -0.434 e. The molecule has 1 unspecified atom stereocenters. The molecule has 0 aliphatic carbocycles. The lowest BCUT2D eigenvalue weighted by atomic mass is 9.99. The Hall–Kier alpha value is -1.72. The number of ether oxygens (including phenoxy) is 1. The first-order valence-corrected chi connectivity index (χ1v) is 6.58. The highest BCUT2D eigenvalue weighted by Gasteiger charge is 2.16. The lowest BCUT2D eigenvalue weighted by Gasteiger charge is -2.17. The van der Waals surface area contributed by atoms with Gasteiger partial charge in [0.05, 0.1) is 0 Å². The number of benzene rings is 2. The fourth-order valence-electron chi connectivity index (χ4n) is 2.04. The lowest BCUT2D eigenvalue weighted by molar-refractivity contribution is -0.0506. The smallest absolute Gasteiger partial charge is 0.387 e. The third-order valence-corrected chi connectivity index (χ3v) is 3.35. The van der Waals surface area contributed by atoms with Crippen molar-refractivity contribution in [3.8, 4) is 5.75 Å². The van der Waals surface area contributed by atoms with E-state index >= 15 is 0 Å². The molecular formula is C15H13ClF3NO. The van der Waals surface area contributed by atoms with Crippen LogP contribution in [0.4, 0.5) is 13.2 Å². The normalized spacial score (nSPS) is 12.5. The molecule has 0 spiro atoms. The van der Waals surface area contributed by atoms with Crippen LogP contribution >= 0.6 is 11.6 Å². The van der Waals surface area contributed by atoms with Crippen molar-refractivity contribution in [3.63, 3.8) is 0 Å². The maximum atomic E-state index is 13.2. The Morgan fingerprint density at radius 3 is 2.57 bits per heavy atom. The Morgan fingerprint density at radius 1 is 1.14 bits per heavy atom. The molecule has 0 heterocycles. The molecule has 0 saturated carbocycles. The first-order chi connectivity index (χ1) is 9.97. The molecule has 0 aliphatic heterocycles. The minimum atomic E-state index is -2.93. The second kappa shape index (κ2) is 6.83. The van der Waals surface area contributed by atoms with Crippen LogP contribution in [-0.4, -0.2) is 6.61 Å². The molecule has 0 aliphatic rings. The summed E-state index contributed by atoms with van der Waals surface area (Å²) in [5, 5.41) is 0.374. The summed E-state index contributed by atoms with van der Waals surface area (Å²) in [5.41, 5.74) is 6.94. The van der Waals surface area contributed by atoms with Crippen molar-refractivity contribution < 1.29 is 17.9 Å². The van der Waals surface area contributed by atoms with Crippen molar-refractivity contribution in [2.45, 2.75) is 19.1 Å². The fourth-order valence-corrected chi connectivity index (χ4v) is 2.23. The van der Waals surface area contributed by atoms with Crippen LogP contribution in [0.15, 0.2) is 42.5 Å². The molecule has 0 bridgehead atoms. The lowest BCUT2D eigenvalue weighted by Crippen LogP contribution is -2.16. The maximum absolute atomic E-state index is 13.2. The van der Waals surface area contributed by atoms with E-state index in [1.54, 1.807) is 18.2 Å². The maximum Gasteiger partial charge on any atom is 0.387 e. The van der Waals surface area contributed by atoms with Crippen molar-refractivity contribution in [3.05, 3.63) is 64.4 Å². The van der Waals surface area contributed by atoms with Crippen molar-refractivity contribution >= 4 is 11.6 Å². The highest BCUT2D eigenvalue weighted by Crippen LogP contribution is 2.29. The zero-order chi connectivity index (χ0) is 15.4. The molecule has 0 amide bonds. The van der Waals surface area contributed by atoms with Crippen molar-refractivity contribution in [2.75, 3.05) is 0 Å². The van der Waals surface area contributed by atoms with Gasteiger partial charge in [0.15, 0.2) is 0 Å². The summed E-state index contributed by atoms with van der Waals surface area (Å²) < 4.78 is 42.4. The Bertz CT molecular complexity index is 622. The number of hydrogen-bond donors (Lipinski definition) is 1. The van der Waals surface area contributed by atoms with Gasteiger partial charge >= 0.3 is 6.61 Å². The molecule has 6 heteroatoms. The molecule has 2 aromatic carbocycles. The van der Waals surface area contributed by atoms with E-state index in [9.17, 15) is 13.2 Å². The molecular weight excluding hydrogens is 303 g/mol. The van der Waals surface area contributed by atoms with Crippen LogP contribution in [0.2, 0.25) is 5.02 Å². The highest BCUT2D eigenvalue weighted by atomic mass is 35.5. The molecule has 0 fully saturated rings. The molecule has 0 aromatic heterocycles. The predicted octanol–water partition coefficient (Wildman–Crippen LogP) is 4.32. The minimum absolute atomic E-state index is 0.00697. The quantitative estimate of drug-likeness (QED) is 0.891. The van der Waals surface area contributed by atoms with Crippen molar-refractivity contribution in [1.82, 2.24) is 0 Å². The van der Waals surface area contributed by atoms with Gasteiger partial charge in [0, 0.05) is 16.6 Å². The van der Waals surface area contributed by atoms with Crippen molar-refractivity contribution in [1.29, 1.82) is 0 Å². The zero-order valence-corrected chi connectivity index (χ0v) is 11.7. The predicted molar refractivity (Wildman–Crippen MR) is 75.1 cm³/mol. The van der Waals surface area contributed by atoms with Gasteiger partial charge in [-0.3, -0.25) is 0 Å². The molecule has 0 saturated heterocycles. The number of hydrogen-bond acceptors (Lipinski definition) is 2. The van der Waals surface area contributed by atoms with Gasteiger partial charge in [-0.25, -0.2) is 4.39 Å². The fraction of sp³-hybridized carbons (Fsp3) is 0.200. The first-order valence-electron chi connectivity index (χ1n) is 6.20. The van der Waals surface area contributed by atoms with Gasteiger partial charge in [-0.15, -0.1) is 0 Å². The summed E-state index contributed by atoms with van der Waals surface area (Å²) in [7, 11) is 0. The van der Waals surface area contributed by atoms with E-state index in [1.165, 1.54) is 24.3 Å². The van der Waals surface area contributed by atoms with E-state index in [0.717, 1.165) is 0 Å². The largest absolute Gasteiger partial charge is 0.434 e. The van der Waals surface area contributed by atoms with E-state index in [1.807, 2.05) is 0 Å². The summed E-state index contributed by atoms with van der Waals surface area (Å²) in [4.78, 5) is 0. The average Bonchev–Trinajstić information content (AvgIpc) is 2.42. The number of rotatable bonds is 5. The third kappa shape index (κ3) is 4.12. The molecule has 0 radical (unpaired) electrons. The summed E-state index contributed by atoms with van der Waals surface area (Å²) in [5.74, 6) is -0.425. The van der Waals surface area contributed by atoms with E-state index in [-0.39, 0.29) is 12.2 Å². The molecule has 112 valence electrons. The molecule has 2 aromatic rings. The van der Waals surface area contributed by atoms with Gasteiger partial charge < -0.3 is 10.5 Å². The van der Waals surface area contributed by atoms with E-state index in [4.69, 9.17) is 17.3 Å². The van der Waals surface area contributed by atoms with Gasteiger partial charge in [-0.05, 0) is 36.2 Å². The summed E-state index contributed by atoms with van der Waals surface area (Å²) in [6.07, 6.45) is 0.209. The number of alkyl halides is 2. The standard InChI is InChI=1S/C15H13ClF3NO/c16-12-6-5-10(17)7-9(12)8-13(20)11-3-1-2-4-14(11)21-15(18)19/h1-7,13,15H,8,20H2. The van der Waals surface area contributed by atoms with Gasteiger partial charge in [-0.1, -0.05) is 29.8 Å². The topological polar surface area (TPSA) is 35.2 Å². The van der Waals surface area contributed by atoms with Crippen LogP contribution in [0.25, 0.3) is 0 Å². The van der Waals surface area contributed by atoms with E-state index < -0.39 is 18.5 Å². The van der Waals surface area contributed by atoms with E-state index in [2.05, 4.69) is 4.74 Å². The van der Waals surface area contributed by atoms with Crippen LogP contribution in [0, 0.1) is 5.82 Å². The van der Waals surface area contributed by atoms with Crippen LogP contribution < -0.4 is 10.5 Å². The van der Waals surface area contributed by atoms with Gasteiger partial charge in [0.2, 0.25) is 0 Å². The summed E-state index contributed by atoms with van der Waals surface area (Å²) in [6.45, 7) is -2.93. The Morgan fingerprint density at radius 2 is 1.86 bits per heavy atom. The number of halogens is 4. The van der Waals surface area contributed by atoms with Crippen LogP contribution in [0.1, 0.15) is 17.2 Å². The third-order valence-electron chi connectivity index (χ3n) is 2.98. The second-order valence-electron chi connectivity index (χ2n) is 4.46. The number of nitrogens with two attached hydrogens (primary N) is 1.